The number of rotatable bonds is 5. The number of urea groups is 1. The Bertz CT molecular complexity index is 593. The summed E-state index contributed by atoms with van der Waals surface area (Å²) in [5, 5.41) is 5.27. The molecule has 110 valence electrons. The van der Waals surface area contributed by atoms with Crippen molar-refractivity contribution in [2.24, 2.45) is 0 Å². The molecule has 0 spiro atoms. The van der Waals surface area contributed by atoms with Gasteiger partial charge in [-0.2, -0.15) is 0 Å². The van der Waals surface area contributed by atoms with Crippen molar-refractivity contribution in [3.63, 3.8) is 0 Å². The number of carbonyl (C=O) groups excluding carboxylic acids is 2. The van der Waals surface area contributed by atoms with Crippen LogP contribution in [0.25, 0.3) is 0 Å². The van der Waals surface area contributed by atoms with E-state index in [-0.39, 0.29) is 18.5 Å². The molecule has 0 aliphatic rings. The minimum Gasteiger partial charge on any atom is -0.462 e. The summed E-state index contributed by atoms with van der Waals surface area (Å²) in [6, 6.07) is 6.06. The first kappa shape index (κ1) is 14.6. The minimum atomic E-state index is -0.389. The van der Waals surface area contributed by atoms with E-state index in [1.165, 1.54) is 12.7 Å². The zero-order valence-corrected chi connectivity index (χ0v) is 11.5. The Balaban J connectivity index is 1.85. The molecule has 0 aliphatic heterocycles. The first-order valence-electron chi connectivity index (χ1n) is 6.38. The molecular formula is C14H15N3O4. The Labute approximate surface area is 121 Å². The van der Waals surface area contributed by atoms with Gasteiger partial charge >= 0.3 is 12.0 Å². The van der Waals surface area contributed by atoms with Crippen LogP contribution in [0.2, 0.25) is 0 Å². The van der Waals surface area contributed by atoms with Gasteiger partial charge in [-0.1, -0.05) is 0 Å². The molecule has 0 saturated heterocycles. The predicted octanol–water partition coefficient (Wildman–Crippen LogP) is 2.17. The van der Waals surface area contributed by atoms with Crippen molar-refractivity contribution in [1.82, 2.24) is 10.3 Å². The predicted molar refractivity (Wildman–Crippen MR) is 74.8 cm³/mol. The lowest BCUT2D eigenvalue weighted by molar-refractivity contribution is 0.0526. The van der Waals surface area contributed by atoms with Crippen LogP contribution in [0.4, 0.5) is 10.5 Å². The smallest absolute Gasteiger partial charge is 0.338 e. The van der Waals surface area contributed by atoms with E-state index in [9.17, 15) is 9.59 Å². The van der Waals surface area contributed by atoms with Crippen LogP contribution in [0.5, 0.6) is 0 Å². The van der Waals surface area contributed by atoms with Crippen LogP contribution < -0.4 is 10.6 Å². The van der Waals surface area contributed by atoms with Gasteiger partial charge in [-0.25, -0.2) is 14.6 Å². The lowest BCUT2D eigenvalue weighted by Gasteiger charge is -2.07. The monoisotopic (exact) mass is 289 g/mol. The van der Waals surface area contributed by atoms with Gasteiger partial charge in [0.2, 0.25) is 0 Å². The van der Waals surface area contributed by atoms with E-state index >= 15 is 0 Å². The van der Waals surface area contributed by atoms with Crippen molar-refractivity contribution in [2.75, 3.05) is 11.9 Å². The zero-order valence-electron chi connectivity index (χ0n) is 11.5. The van der Waals surface area contributed by atoms with Gasteiger partial charge in [0.05, 0.1) is 24.4 Å². The number of hydrogen-bond acceptors (Lipinski definition) is 5. The van der Waals surface area contributed by atoms with Crippen molar-refractivity contribution in [3.8, 4) is 0 Å². The number of benzene rings is 1. The number of esters is 1. The van der Waals surface area contributed by atoms with Gasteiger partial charge in [-0.3, -0.25) is 0 Å². The molecule has 0 bridgehead atoms. The van der Waals surface area contributed by atoms with E-state index in [0.29, 0.717) is 23.6 Å². The van der Waals surface area contributed by atoms with Crippen LogP contribution >= 0.6 is 0 Å². The van der Waals surface area contributed by atoms with E-state index < -0.39 is 0 Å². The number of anilines is 1. The average molecular weight is 289 g/mol. The normalized spacial score (nSPS) is 9.95. The van der Waals surface area contributed by atoms with Crippen molar-refractivity contribution >= 4 is 17.7 Å². The van der Waals surface area contributed by atoms with Crippen molar-refractivity contribution in [3.05, 3.63) is 48.2 Å². The highest BCUT2D eigenvalue weighted by molar-refractivity contribution is 5.92. The Morgan fingerprint density at radius 1 is 1.29 bits per heavy atom. The van der Waals surface area contributed by atoms with E-state index in [1.807, 2.05) is 0 Å². The number of hydrogen-bond donors (Lipinski definition) is 2. The van der Waals surface area contributed by atoms with E-state index in [0.717, 1.165) is 0 Å². The van der Waals surface area contributed by atoms with Crippen LogP contribution in [-0.2, 0) is 11.3 Å². The Kier molecular flexibility index (Phi) is 4.92. The van der Waals surface area contributed by atoms with E-state index in [2.05, 4.69) is 15.6 Å². The van der Waals surface area contributed by atoms with Gasteiger partial charge in [0, 0.05) is 5.69 Å². The zero-order chi connectivity index (χ0) is 15.1. The Hall–Kier alpha value is -2.83. The highest BCUT2D eigenvalue weighted by atomic mass is 16.5. The fourth-order valence-corrected chi connectivity index (χ4v) is 1.58. The molecule has 2 aromatic rings. The number of nitrogens with one attached hydrogen (secondary N) is 2. The topological polar surface area (TPSA) is 93.5 Å². The largest absolute Gasteiger partial charge is 0.462 e. The summed E-state index contributed by atoms with van der Waals surface area (Å²) in [5.74, 6) is -0.389. The number of aromatic nitrogens is 1. The molecule has 7 heteroatoms. The summed E-state index contributed by atoms with van der Waals surface area (Å²) in [7, 11) is 0. The SMILES string of the molecule is CCOC(=O)c1ccc(NC(=O)NCc2cocn2)cc1. The summed E-state index contributed by atoms with van der Waals surface area (Å²) in [6.07, 6.45) is 2.75. The molecule has 0 unspecified atom stereocenters. The maximum Gasteiger partial charge on any atom is 0.338 e. The molecule has 2 N–H and O–H groups in total. The van der Waals surface area contributed by atoms with Gasteiger partial charge in [0.25, 0.3) is 0 Å². The second-order valence-electron chi connectivity index (χ2n) is 4.09. The van der Waals surface area contributed by atoms with E-state index in [4.69, 9.17) is 9.15 Å². The second kappa shape index (κ2) is 7.09. The third kappa shape index (κ3) is 4.34. The fraction of sp³-hybridized carbons (Fsp3) is 0.214. The van der Waals surface area contributed by atoms with Crippen molar-refractivity contribution in [2.45, 2.75) is 13.5 Å². The van der Waals surface area contributed by atoms with Crippen LogP contribution in [0.3, 0.4) is 0 Å². The van der Waals surface area contributed by atoms with Crippen molar-refractivity contribution < 1.29 is 18.7 Å². The average Bonchev–Trinajstić information content (AvgIpc) is 2.99. The van der Waals surface area contributed by atoms with Crippen molar-refractivity contribution in [1.29, 1.82) is 0 Å². The van der Waals surface area contributed by atoms with E-state index in [1.54, 1.807) is 31.2 Å². The number of amides is 2. The van der Waals surface area contributed by atoms with Gasteiger partial charge in [-0.05, 0) is 31.2 Å². The van der Waals surface area contributed by atoms with Gasteiger partial charge in [0.1, 0.15) is 6.26 Å². The van der Waals surface area contributed by atoms with Gasteiger partial charge in [0.15, 0.2) is 6.39 Å². The molecule has 1 aromatic heterocycles. The molecule has 21 heavy (non-hydrogen) atoms. The molecule has 0 radical (unpaired) electrons. The summed E-state index contributed by atoms with van der Waals surface area (Å²) < 4.78 is 9.67. The maximum absolute atomic E-state index is 11.7. The maximum atomic E-state index is 11.7. The lowest BCUT2D eigenvalue weighted by atomic mass is 10.2. The first-order chi connectivity index (χ1) is 10.2. The lowest BCUT2D eigenvalue weighted by Crippen LogP contribution is -2.28. The first-order valence-corrected chi connectivity index (χ1v) is 6.38. The molecule has 1 heterocycles. The number of oxazole rings is 1. The molecule has 0 fully saturated rings. The quantitative estimate of drug-likeness (QED) is 0.823. The number of ether oxygens (including phenoxy) is 1. The fourth-order valence-electron chi connectivity index (χ4n) is 1.58. The second-order valence-corrected chi connectivity index (χ2v) is 4.09. The molecule has 7 nitrogen and oxygen atoms in total. The molecular weight excluding hydrogens is 274 g/mol. The number of carbonyl (C=O) groups is 2. The molecule has 2 rings (SSSR count). The third-order valence-corrected chi connectivity index (χ3v) is 2.57. The summed E-state index contributed by atoms with van der Waals surface area (Å²) in [5.41, 5.74) is 1.63. The molecule has 2 amide bonds. The minimum absolute atomic E-state index is 0.267. The molecule has 0 saturated carbocycles. The summed E-state index contributed by atoms with van der Waals surface area (Å²) in [6.45, 7) is 2.33. The molecule has 0 aliphatic carbocycles. The third-order valence-electron chi connectivity index (χ3n) is 2.57. The summed E-state index contributed by atoms with van der Waals surface area (Å²) >= 11 is 0. The Morgan fingerprint density at radius 3 is 2.67 bits per heavy atom. The van der Waals surface area contributed by atoms with Crippen LogP contribution in [0, 0.1) is 0 Å². The van der Waals surface area contributed by atoms with Gasteiger partial charge < -0.3 is 19.8 Å². The highest BCUT2D eigenvalue weighted by Gasteiger charge is 2.07. The van der Waals surface area contributed by atoms with Crippen LogP contribution in [0.1, 0.15) is 23.0 Å². The standard InChI is InChI=1S/C14H15N3O4/c1-2-21-13(18)10-3-5-11(6-4-10)17-14(19)15-7-12-8-20-9-16-12/h3-6,8-9H,2,7H2,1H3,(H2,15,17,19). The molecule has 1 aromatic carbocycles. The Morgan fingerprint density at radius 2 is 2.05 bits per heavy atom. The summed E-state index contributed by atoms with van der Waals surface area (Å²) in [4.78, 5) is 27.0. The molecule has 0 atom stereocenters. The van der Waals surface area contributed by atoms with Crippen LogP contribution in [0.15, 0.2) is 41.3 Å². The highest BCUT2D eigenvalue weighted by Crippen LogP contribution is 2.10. The van der Waals surface area contributed by atoms with Crippen LogP contribution in [-0.4, -0.2) is 23.6 Å². The van der Waals surface area contributed by atoms with Gasteiger partial charge in [-0.15, -0.1) is 0 Å². The number of nitrogens with zero attached hydrogens (tertiary/aromatic N) is 1.